The number of nitrogens with zero attached hydrogens (tertiary/aromatic N) is 5. The monoisotopic (exact) mass is 238 g/mol. The number of hydrogen-bond donors (Lipinski definition) is 1. The predicted octanol–water partition coefficient (Wildman–Crippen LogP) is 0.481. The molecule has 2 aromatic heterocycles. The smallest absolute Gasteiger partial charge is 0.279 e. The van der Waals surface area contributed by atoms with Crippen molar-refractivity contribution in [1.29, 1.82) is 0 Å². The molecule has 16 heavy (non-hydrogen) atoms. The summed E-state index contributed by atoms with van der Waals surface area (Å²) in [6.07, 6.45) is 2.34. The van der Waals surface area contributed by atoms with Gasteiger partial charge in [0, 0.05) is 7.05 Å². The Hall–Kier alpha value is -1.83. The summed E-state index contributed by atoms with van der Waals surface area (Å²) < 4.78 is 1.46. The standard InChI is InChI=1S/C8H10N6OS/c1-3-6-11-12-8(16-6)9-7(15)5-4-14(2)13-10-5/h4H,3H2,1-2H3,(H,9,12,15). The molecule has 0 aromatic carbocycles. The van der Waals surface area contributed by atoms with Gasteiger partial charge in [-0.1, -0.05) is 23.5 Å². The Balaban J connectivity index is 2.07. The summed E-state index contributed by atoms with van der Waals surface area (Å²) in [7, 11) is 1.70. The molecule has 0 aliphatic rings. The molecule has 2 heterocycles. The summed E-state index contributed by atoms with van der Waals surface area (Å²) >= 11 is 1.35. The van der Waals surface area contributed by atoms with Crippen LogP contribution in [0, 0.1) is 0 Å². The molecule has 0 aliphatic heterocycles. The fourth-order valence-electron chi connectivity index (χ4n) is 1.06. The average Bonchev–Trinajstić information content (AvgIpc) is 2.87. The summed E-state index contributed by atoms with van der Waals surface area (Å²) in [5, 5.41) is 19.1. The van der Waals surface area contributed by atoms with Gasteiger partial charge in [0.1, 0.15) is 5.01 Å². The molecule has 0 saturated carbocycles. The Morgan fingerprint density at radius 2 is 2.31 bits per heavy atom. The van der Waals surface area contributed by atoms with Crippen LogP contribution >= 0.6 is 11.3 Å². The van der Waals surface area contributed by atoms with E-state index >= 15 is 0 Å². The minimum atomic E-state index is -0.327. The molecule has 84 valence electrons. The SMILES string of the molecule is CCc1nnc(NC(=O)c2cn(C)nn2)s1. The van der Waals surface area contributed by atoms with Crippen molar-refractivity contribution in [3.05, 3.63) is 16.9 Å². The summed E-state index contributed by atoms with van der Waals surface area (Å²) in [6, 6.07) is 0. The molecule has 0 bridgehead atoms. The van der Waals surface area contributed by atoms with Gasteiger partial charge in [-0.3, -0.25) is 14.8 Å². The van der Waals surface area contributed by atoms with Crippen LogP contribution in [0.15, 0.2) is 6.20 Å². The lowest BCUT2D eigenvalue weighted by atomic mass is 10.4. The summed E-state index contributed by atoms with van der Waals surface area (Å²) in [6.45, 7) is 1.98. The van der Waals surface area contributed by atoms with E-state index in [9.17, 15) is 4.79 Å². The van der Waals surface area contributed by atoms with Crippen molar-refractivity contribution < 1.29 is 4.79 Å². The predicted molar refractivity (Wildman–Crippen MR) is 58.2 cm³/mol. The van der Waals surface area contributed by atoms with E-state index in [1.54, 1.807) is 7.05 Å². The van der Waals surface area contributed by atoms with E-state index in [0.717, 1.165) is 11.4 Å². The molecular weight excluding hydrogens is 228 g/mol. The first kappa shape index (κ1) is 10.7. The van der Waals surface area contributed by atoms with Crippen molar-refractivity contribution in [2.45, 2.75) is 13.3 Å². The molecule has 7 nitrogen and oxygen atoms in total. The zero-order valence-electron chi connectivity index (χ0n) is 8.84. The summed E-state index contributed by atoms with van der Waals surface area (Å²) in [5.74, 6) is -0.327. The molecule has 2 aromatic rings. The molecule has 0 fully saturated rings. The van der Waals surface area contributed by atoms with Gasteiger partial charge in [0.2, 0.25) is 5.13 Å². The second-order valence-electron chi connectivity index (χ2n) is 3.09. The van der Waals surface area contributed by atoms with Gasteiger partial charge in [0.05, 0.1) is 6.20 Å². The van der Waals surface area contributed by atoms with Gasteiger partial charge in [-0.2, -0.15) is 0 Å². The van der Waals surface area contributed by atoms with Crippen molar-refractivity contribution in [2.24, 2.45) is 7.05 Å². The van der Waals surface area contributed by atoms with Gasteiger partial charge >= 0.3 is 0 Å². The lowest BCUT2D eigenvalue weighted by Crippen LogP contribution is -2.12. The highest BCUT2D eigenvalue weighted by Crippen LogP contribution is 2.15. The third-order valence-electron chi connectivity index (χ3n) is 1.83. The van der Waals surface area contributed by atoms with Crippen LogP contribution in [0.1, 0.15) is 22.4 Å². The van der Waals surface area contributed by atoms with Crippen LogP contribution in [0.4, 0.5) is 5.13 Å². The van der Waals surface area contributed by atoms with E-state index in [1.807, 2.05) is 6.92 Å². The molecule has 0 aliphatic carbocycles. The molecule has 0 atom stereocenters. The van der Waals surface area contributed by atoms with E-state index in [0.29, 0.717) is 5.13 Å². The molecule has 1 amide bonds. The van der Waals surface area contributed by atoms with E-state index in [2.05, 4.69) is 25.8 Å². The summed E-state index contributed by atoms with van der Waals surface area (Å²) in [4.78, 5) is 11.6. The quantitative estimate of drug-likeness (QED) is 0.840. The largest absolute Gasteiger partial charge is 0.295 e. The first-order valence-electron chi connectivity index (χ1n) is 4.69. The van der Waals surface area contributed by atoms with Gasteiger partial charge in [0.25, 0.3) is 5.91 Å². The first-order chi connectivity index (χ1) is 7.69. The minimum absolute atomic E-state index is 0.260. The number of carbonyl (C=O) groups is 1. The van der Waals surface area contributed by atoms with Crippen molar-refractivity contribution in [1.82, 2.24) is 25.2 Å². The second-order valence-corrected chi connectivity index (χ2v) is 4.15. The molecular formula is C8H10N6OS. The number of carbonyl (C=O) groups excluding carboxylic acids is 1. The van der Waals surface area contributed by atoms with Gasteiger partial charge in [-0.05, 0) is 6.42 Å². The number of nitrogens with one attached hydrogen (secondary N) is 1. The maximum atomic E-state index is 11.6. The second kappa shape index (κ2) is 4.35. The zero-order valence-corrected chi connectivity index (χ0v) is 9.65. The van der Waals surface area contributed by atoms with Crippen molar-refractivity contribution in [3.63, 3.8) is 0 Å². The molecule has 0 unspecified atom stereocenters. The Bertz CT molecular complexity index is 504. The van der Waals surface area contributed by atoms with Gasteiger partial charge in [0.15, 0.2) is 5.69 Å². The highest BCUT2D eigenvalue weighted by molar-refractivity contribution is 7.15. The highest BCUT2D eigenvalue weighted by atomic mass is 32.1. The number of anilines is 1. The van der Waals surface area contributed by atoms with Gasteiger partial charge < -0.3 is 0 Å². The lowest BCUT2D eigenvalue weighted by molar-refractivity contribution is 0.102. The van der Waals surface area contributed by atoms with Crippen LogP contribution in [-0.2, 0) is 13.5 Å². The van der Waals surface area contributed by atoms with Crippen LogP contribution in [0.25, 0.3) is 0 Å². The highest BCUT2D eigenvalue weighted by Gasteiger charge is 2.12. The number of aryl methyl sites for hydroxylation is 2. The number of rotatable bonds is 3. The maximum absolute atomic E-state index is 11.6. The molecule has 1 N–H and O–H groups in total. The number of hydrogen-bond acceptors (Lipinski definition) is 6. The number of aromatic nitrogens is 5. The van der Waals surface area contributed by atoms with Crippen molar-refractivity contribution >= 4 is 22.4 Å². The molecule has 8 heteroatoms. The topological polar surface area (TPSA) is 85.6 Å². The maximum Gasteiger partial charge on any atom is 0.279 e. The fourth-order valence-corrected chi connectivity index (χ4v) is 1.73. The van der Waals surface area contributed by atoms with Crippen molar-refractivity contribution in [3.8, 4) is 0 Å². The van der Waals surface area contributed by atoms with Crippen LogP contribution in [0.3, 0.4) is 0 Å². The Morgan fingerprint density at radius 3 is 2.88 bits per heavy atom. The summed E-state index contributed by atoms with van der Waals surface area (Å²) in [5.41, 5.74) is 0.260. The normalized spacial score (nSPS) is 10.4. The van der Waals surface area contributed by atoms with Gasteiger partial charge in [-0.15, -0.1) is 15.3 Å². The molecule has 0 spiro atoms. The van der Waals surface area contributed by atoms with E-state index in [4.69, 9.17) is 0 Å². The van der Waals surface area contributed by atoms with Crippen LogP contribution in [0.2, 0.25) is 0 Å². The molecule has 0 saturated heterocycles. The van der Waals surface area contributed by atoms with E-state index in [1.165, 1.54) is 22.2 Å². The van der Waals surface area contributed by atoms with Crippen LogP contribution < -0.4 is 5.32 Å². The van der Waals surface area contributed by atoms with E-state index < -0.39 is 0 Å². The fraction of sp³-hybridized carbons (Fsp3) is 0.375. The average molecular weight is 238 g/mol. The first-order valence-corrected chi connectivity index (χ1v) is 5.50. The Labute approximate surface area is 95.5 Å². The molecule has 2 rings (SSSR count). The third kappa shape index (κ3) is 2.22. The zero-order chi connectivity index (χ0) is 11.5. The van der Waals surface area contributed by atoms with Gasteiger partial charge in [-0.25, -0.2) is 0 Å². The Morgan fingerprint density at radius 1 is 1.50 bits per heavy atom. The third-order valence-corrected chi connectivity index (χ3v) is 2.81. The minimum Gasteiger partial charge on any atom is -0.295 e. The lowest BCUT2D eigenvalue weighted by Gasteiger charge is -1.94. The van der Waals surface area contributed by atoms with Crippen molar-refractivity contribution in [2.75, 3.05) is 5.32 Å². The molecule has 0 radical (unpaired) electrons. The van der Waals surface area contributed by atoms with Crippen LogP contribution in [-0.4, -0.2) is 31.1 Å². The van der Waals surface area contributed by atoms with Crippen LogP contribution in [0.5, 0.6) is 0 Å². The number of amides is 1. The van der Waals surface area contributed by atoms with E-state index in [-0.39, 0.29) is 11.6 Å². The Kier molecular flexibility index (Phi) is 2.91.